The van der Waals surface area contributed by atoms with Crippen LogP contribution in [0.1, 0.15) is 0 Å². The lowest BCUT2D eigenvalue weighted by atomic mass is 10.4. The number of ether oxygens (including phenoxy) is 1. The number of rotatable bonds is 6. The van der Waals surface area contributed by atoms with Crippen LogP contribution in [0.4, 0.5) is 4.39 Å². The molecule has 16 heavy (non-hydrogen) atoms. The Morgan fingerprint density at radius 2 is 1.75 bits per heavy atom. The highest BCUT2D eigenvalue weighted by atomic mass is 19.1. The van der Waals surface area contributed by atoms with Crippen LogP contribution in [0.15, 0.2) is 37.7 Å². The van der Waals surface area contributed by atoms with E-state index in [1.165, 1.54) is 17.1 Å². The summed E-state index contributed by atoms with van der Waals surface area (Å²) in [5.74, 6) is -2.80. The Balaban J connectivity index is 4.35. The zero-order chi connectivity index (χ0) is 12.6. The Morgan fingerprint density at radius 1 is 1.25 bits per heavy atom. The first kappa shape index (κ1) is 14.1. The van der Waals surface area contributed by atoms with Gasteiger partial charge in [0.2, 0.25) is 0 Å². The number of amides is 1. The molecular formula is C11H14FNO3. The highest BCUT2D eigenvalue weighted by Gasteiger charge is 2.21. The fourth-order valence-corrected chi connectivity index (χ4v) is 0.887. The van der Waals surface area contributed by atoms with Crippen LogP contribution in [-0.2, 0) is 14.3 Å². The van der Waals surface area contributed by atoms with E-state index in [4.69, 9.17) is 0 Å². The molecule has 0 heterocycles. The predicted molar refractivity (Wildman–Crippen MR) is 58.2 cm³/mol. The average Bonchev–Trinajstić information content (AvgIpc) is 2.24. The van der Waals surface area contributed by atoms with E-state index in [1.807, 2.05) is 0 Å². The van der Waals surface area contributed by atoms with Crippen molar-refractivity contribution in [2.24, 2.45) is 0 Å². The zero-order valence-electron chi connectivity index (χ0n) is 8.95. The van der Waals surface area contributed by atoms with Gasteiger partial charge in [0.1, 0.15) is 12.4 Å². The predicted octanol–water partition coefficient (Wildman–Crippen LogP) is 1.21. The van der Waals surface area contributed by atoms with Crippen LogP contribution < -0.4 is 0 Å². The third kappa shape index (κ3) is 5.09. The summed E-state index contributed by atoms with van der Waals surface area (Å²) in [7, 11) is 0. The van der Waals surface area contributed by atoms with Crippen LogP contribution in [-0.4, -0.2) is 36.5 Å². The molecule has 0 aromatic heterocycles. The minimum Gasteiger partial charge on any atom is -0.451 e. The van der Waals surface area contributed by atoms with Crippen molar-refractivity contribution in [1.82, 2.24) is 4.90 Å². The molecule has 0 aromatic rings. The van der Waals surface area contributed by atoms with Gasteiger partial charge in [-0.1, -0.05) is 18.7 Å². The molecule has 0 aliphatic carbocycles. The molecule has 0 saturated carbocycles. The van der Waals surface area contributed by atoms with E-state index in [2.05, 4.69) is 24.5 Å². The minimum atomic E-state index is -1.12. The summed E-state index contributed by atoms with van der Waals surface area (Å²) >= 11 is 0. The van der Waals surface area contributed by atoms with Gasteiger partial charge in [0, 0.05) is 13.1 Å². The van der Waals surface area contributed by atoms with Crippen LogP contribution in [0.5, 0.6) is 0 Å². The monoisotopic (exact) mass is 227 g/mol. The van der Waals surface area contributed by atoms with Gasteiger partial charge in [0.05, 0.1) is 0 Å². The van der Waals surface area contributed by atoms with Gasteiger partial charge >= 0.3 is 11.9 Å². The lowest BCUT2D eigenvalue weighted by Gasteiger charge is -2.17. The lowest BCUT2D eigenvalue weighted by Crippen LogP contribution is -2.38. The molecule has 0 unspecified atom stereocenters. The fourth-order valence-electron chi connectivity index (χ4n) is 0.887. The van der Waals surface area contributed by atoms with E-state index in [0.29, 0.717) is 0 Å². The number of hydrogen-bond donors (Lipinski definition) is 0. The molecule has 0 aromatic carbocycles. The molecule has 88 valence electrons. The topological polar surface area (TPSA) is 46.6 Å². The third-order valence-corrected chi connectivity index (χ3v) is 1.52. The second-order valence-corrected chi connectivity index (χ2v) is 2.88. The summed E-state index contributed by atoms with van der Waals surface area (Å²) in [5, 5.41) is 0. The molecule has 0 aliphatic rings. The summed E-state index contributed by atoms with van der Waals surface area (Å²) in [6.07, 6.45) is 2.92. The van der Waals surface area contributed by atoms with Crippen molar-refractivity contribution < 1.29 is 18.7 Å². The molecule has 0 radical (unpaired) electrons. The van der Waals surface area contributed by atoms with Gasteiger partial charge in [-0.15, -0.1) is 13.2 Å². The third-order valence-electron chi connectivity index (χ3n) is 1.52. The van der Waals surface area contributed by atoms with Crippen molar-refractivity contribution in [1.29, 1.82) is 0 Å². The van der Waals surface area contributed by atoms with E-state index in [-0.39, 0.29) is 13.1 Å². The van der Waals surface area contributed by atoms with Gasteiger partial charge < -0.3 is 9.64 Å². The molecule has 0 N–H and O–H groups in total. The summed E-state index contributed by atoms with van der Waals surface area (Å²) < 4.78 is 16.6. The van der Waals surface area contributed by atoms with Gasteiger partial charge in [-0.05, 0) is 0 Å². The Labute approximate surface area is 93.7 Å². The van der Waals surface area contributed by atoms with Gasteiger partial charge in [-0.25, -0.2) is 9.18 Å². The Kier molecular flexibility index (Phi) is 6.51. The molecule has 5 heteroatoms. The van der Waals surface area contributed by atoms with Gasteiger partial charge in [-0.3, -0.25) is 4.79 Å². The number of esters is 1. The van der Waals surface area contributed by atoms with Crippen LogP contribution in [0.3, 0.4) is 0 Å². The van der Waals surface area contributed by atoms with Crippen LogP contribution >= 0.6 is 0 Å². The van der Waals surface area contributed by atoms with Crippen molar-refractivity contribution in [2.45, 2.75) is 0 Å². The highest BCUT2D eigenvalue weighted by Crippen LogP contribution is 1.97. The maximum absolute atomic E-state index is 12.2. The smallest absolute Gasteiger partial charge is 0.397 e. The number of carbonyl (C=O) groups is 2. The maximum Gasteiger partial charge on any atom is 0.397 e. The largest absolute Gasteiger partial charge is 0.451 e. The van der Waals surface area contributed by atoms with Gasteiger partial charge in [0.15, 0.2) is 0 Å². The molecule has 0 aliphatic heterocycles. The number of halogens is 1. The quantitative estimate of drug-likeness (QED) is 0.389. The van der Waals surface area contributed by atoms with E-state index in [0.717, 1.165) is 0 Å². The Morgan fingerprint density at radius 3 is 2.12 bits per heavy atom. The molecule has 0 spiro atoms. The summed E-state index contributed by atoms with van der Waals surface area (Å²) in [6.45, 7) is 9.56. The molecular weight excluding hydrogens is 213 g/mol. The van der Waals surface area contributed by atoms with Crippen molar-refractivity contribution in [3.8, 4) is 0 Å². The van der Waals surface area contributed by atoms with Crippen molar-refractivity contribution >= 4 is 11.9 Å². The van der Waals surface area contributed by atoms with Crippen LogP contribution in [0.2, 0.25) is 0 Å². The molecule has 4 nitrogen and oxygen atoms in total. The second kappa shape index (κ2) is 7.39. The molecule has 0 fully saturated rings. The van der Waals surface area contributed by atoms with Gasteiger partial charge in [-0.2, -0.15) is 0 Å². The SMILES string of the molecule is C=CCN(CC=C)C(=O)C(=O)OCC(=C)F. The van der Waals surface area contributed by atoms with E-state index >= 15 is 0 Å². The number of nitrogens with zero attached hydrogens (tertiary/aromatic N) is 1. The van der Waals surface area contributed by atoms with Gasteiger partial charge in [0.25, 0.3) is 0 Å². The molecule has 0 atom stereocenters. The first-order valence-corrected chi connectivity index (χ1v) is 4.54. The summed E-state index contributed by atoms with van der Waals surface area (Å²) in [4.78, 5) is 23.8. The maximum atomic E-state index is 12.2. The summed E-state index contributed by atoms with van der Waals surface area (Å²) in [6, 6.07) is 0. The van der Waals surface area contributed by atoms with Crippen LogP contribution in [0.25, 0.3) is 0 Å². The second-order valence-electron chi connectivity index (χ2n) is 2.88. The number of hydrogen-bond acceptors (Lipinski definition) is 3. The van der Waals surface area contributed by atoms with Crippen molar-refractivity contribution in [3.63, 3.8) is 0 Å². The van der Waals surface area contributed by atoms with Crippen molar-refractivity contribution in [2.75, 3.05) is 19.7 Å². The number of carbonyl (C=O) groups excluding carboxylic acids is 2. The molecule has 0 rings (SSSR count). The molecule has 0 bridgehead atoms. The average molecular weight is 227 g/mol. The fraction of sp³-hybridized carbons (Fsp3) is 0.273. The highest BCUT2D eigenvalue weighted by molar-refractivity contribution is 6.32. The first-order valence-electron chi connectivity index (χ1n) is 4.54. The molecule has 1 amide bonds. The van der Waals surface area contributed by atoms with E-state index in [9.17, 15) is 14.0 Å². The van der Waals surface area contributed by atoms with Crippen LogP contribution in [0, 0.1) is 0 Å². The van der Waals surface area contributed by atoms with E-state index < -0.39 is 24.3 Å². The standard InChI is InChI=1S/C11H14FNO3/c1-4-6-13(7-5-2)10(14)11(15)16-8-9(3)12/h4-5H,1-3,6-8H2. The molecule has 0 saturated heterocycles. The van der Waals surface area contributed by atoms with E-state index in [1.54, 1.807) is 0 Å². The first-order chi connectivity index (χ1) is 7.52. The Bertz CT molecular complexity index is 302. The van der Waals surface area contributed by atoms with Crippen molar-refractivity contribution in [3.05, 3.63) is 37.7 Å². The summed E-state index contributed by atoms with van der Waals surface area (Å²) in [5.41, 5.74) is 0. The lowest BCUT2D eigenvalue weighted by molar-refractivity contribution is -0.159. The Hall–Kier alpha value is -1.91. The normalized spacial score (nSPS) is 9.06. The minimum absolute atomic E-state index is 0.191. The zero-order valence-corrected chi connectivity index (χ0v) is 8.95.